The molecule has 1 heterocycles. The van der Waals surface area contributed by atoms with Crippen LogP contribution < -0.4 is 0 Å². The van der Waals surface area contributed by atoms with Crippen LogP contribution >= 0.6 is 0 Å². The maximum Gasteiger partial charge on any atom is 0.164 e. The first-order valence-electron chi connectivity index (χ1n) is 20.1. The summed E-state index contributed by atoms with van der Waals surface area (Å²) < 4.78 is 0. The van der Waals surface area contributed by atoms with E-state index in [0.717, 1.165) is 38.9 Å². The molecule has 12 rings (SSSR count). The molecule has 0 atom stereocenters. The fourth-order valence-corrected chi connectivity index (χ4v) is 9.21. The molecule has 12 aromatic rings. The second-order valence-electron chi connectivity index (χ2n) is 15.5. The molecular formula is C56H32N4. The predicted molar refractivity (Wildman–Crippen MR) is 248 cm³/mol. The van der Waals surface area contributed by atoms with Crippen molar-refractivity contribution < 1.29 is 0 Å². The highest BCUT2D eigenvalue weighted by Crippen LogP contribution is 2.44. The Morgan fingerprint density at radius 3 is 1.27 bits per heavy atom. The molecule has 0 unspecified atom stereocenters. The van der Waals surface area contributed by atoms with Crippen molar-refractivity contribution in [1.29, 1.82) is 5.26 Å². The number of nitrogens with zero attached hydrogens (tertiary/aromatic N) is 4. The molecule has 0 aliphatic rings. The fraction of sp³-hybridized carbons (Fsp3) is 0. The largest absolute Gasteiger partial charge is 0.208 e. The van der Waals surface area contributed by atoms with Crippen LogP contribution in [0.25, 0.3) is 121 Å². The first-order valence-corrected chi connectivity index (χ1v) is 20.1. The van der Waals surface area contributed by atoms with Gasteiger partial charge in [-0.3, -0.25) is 0 Å². The van der Waals surface area contributed by atoms with Gasteiger partial charge in [-0.25, -0.2) is 15.0 Å². The van der Waals surface area contributed by atoms with Crippen molar-refractivity contribution in [3.8, 4) is 62.5 Å². The third-order valence-electron chi connectivity index (χ3n) is 12.0. The molecule has 276 valence electrons. The van der Waals surface area contributed by atoms with E-state index in [1.165, 1.54) is 64.6 Å². The second-order valence-corrected chi connectivity index (χ2v) is 15.5. The van der Waals surface area contributed by atoms with E-state index in [1.807, 2.05) is 66.7 Å². The van der Waals surface area contributed by atoms with Gasteiger partial charge in [0, 0.05) is 16.7 Å². The zero-order chi connectivity index (χ0) is 39.7. The minimum Gasteiger partial charge on any atom is -0.208 e. The summed E-state index contributed by atoms with van der Waals surface area (Å²) in [6, 6.07) is 70.7. The van der Waals surface area contributed by atoms with Crippen molar-refractivity contribution in [2.24, 2.45) is 0 Å². The summed E-state index contributed by atoms with van der Waals surface area (Å²) in [7, 11) is 0. The van der Waals surface area contributed by atoms with Crippen LogP contribution in [0.1, 0.15) is 5.56 Å². The van der Waals surface area contributed by atoms with Gasteiger partial charge >= 0.3 is 0 Å². The molecule has 4 heteroatoms. The zero-order valence-corrected chi connectivity index (χ0v) is 32.3. The van der Waals surface area contributed by atoms with Gasteiger partial charge in [0.25, 0.3) is 0 Å². The summed E-state index contributed by atoms with van der Waals surface area (Å²) in [6.07, 6.45) is 0. The molecule has 60 heavy (non-hydrogen) atoms. The SMILES string of the molecule is N#Cc1ccc(-c2cccc(-c3nc(-c4ccccc4)nc(-c4cccc(-c5cc6ccc7cccc8c9cccc%10ccc%11cccc(c(c5)c6c78)c%11c%109)c4)n3)c2)cc1. The van der Waals surface area contributed by atoms with E-state index < -0.39 is 0 Å². The van der Waals surface area contributed by atoms with E-state index in [0.29, 0.717) is 23.0 Å². The smallest absolute Gasteiger partial charge is 0.164 e. The highest BCUT2D eigenvalue weighted by atomic mass is 15.0. The van der Waals surface area contributed by atoms with Gasteiger partial charge in [-0.2, -0.15) is 5.26 Å². The van der Waals surface area contributed by atoms with E-state index in [1.54, 1.807) is 0 Å². The number of fused-ring (bicyclic) bond motifs is 2. The summed E-state index contributed by atoms with van der Waals surface area (Å²) in [5, 5.41) is 24.4. The van der Waals surface area contributed by atoms with E-state index in [-0.39, 0.29) is 0 Å². The Hall–Kier alpha value is -8.26. The van der Waals surface area contributed by atoms with Gasteiger partial charge in [0.15, 0.2) is 17.5 Å². The molecule has 0 amide bonds. The van der Waals surface area contributed by atoms with Crippen molar-refractivity contribution >= 4 is 64.6 Å². The molecule has 0 radical (unpaired) electrons. The highest BCUT2D eigenvalue weighted by Gasteiger charge is 2.18. The quantitative estimate of drug-likeness (QED) is 0.164. The number of hydrogen-bond acceptors (Lipinski definition) is 4. The summed E-state index contributed by atoms with van der Waals surface area (Å²) >= 11 is 0. The van der Waals surface area contributed by atoms with Crippen molar-refractivity contribution in [3.05, 3.63) is 200 Å². The second kappa shape index (κ2) is 13.4. The molecule has 0 aliphatic carbocycles. The third kappa shape index (κ3) is 5.41. The van der Waals surface area contributed by atoms with Gasteiger partial charge in [-0.05, 0) is 123 Å². The average Bonchev–Trinajstić information content (AvgIpc) is 3.32. The molecule has 11 aromatic carbocycles. The molecule has 0 aliphatic heterocycles. The monoisotopic (exact) mass is 760 g/mol. The van der Waals surface area contributed by atoms with Gasteiger partial charge in [-0.15, -0.1) is 0 Å². The minimum atomic E-state index is 0.590. The lowest BCUT2D eigenvalue weighted by Crippen LogP contribution is -2.00. The Bertz CT molecular complexity index is 3710. The van der Waals surface area contributed by atoms with Gasteiger partial charge in [0.2, 0.25) is 0 Å². The van der Waals surface area contributed by atoms with Gasteiger partial charge in [0.05, 0.1) is 11.6 Å². The first-order chi connectivity index (χ1) is 29.7. The van der Waals surface area contributed by atoms with Gasteiger partial charge in [-0.1, -0.05) is 158 Å². The molecule has 0 N–H and O–H groups in total. The standard InChI is InChI=1S/C56H32N4/c57-33-34-21-23-35(24-22-34)40-14-4-16-43(29-40)55-58-54(39-9-2-1-3-10-39)59-56(60-55)44-17-5-15-41(30-44)45-31-42-28-27-38-12-7-19-47-46-18-6-11-36-25-26-37-13-8-20-48(52(37)50(36)46)49(32-45)53(42)51(38)47/h1-32H. The summed E-state index contributed by atoms with van der Waals surface area (Å²) in [5.41, 5.74) is 7.57. The summed E-state index contributed by atoms with van der Waals surface area (Å²) in [5.74, 6) is 1.80. The summed E-state index contributed by atoms with van der Waals surface area (Å²) in [4.78, 5) is 15.3. The van der Waals surface area contributed by atoms with Crippen LogP contribution in [0.4, 0.5) is 0 Å². The Morgan fingerprint density at radius 2 is 0.717 bits per heavy atom. The molecule has 0 fully saturated rings. The van der Waals surface area contributed by atoms with Crippen LogP contribution in [0, 0.1) is 11.3 Å². The Labute approximate surface area is 345 Å². The van der Waals surface area contributed by atoms with Crippen LogP contribution in [0.15, 0.2) is 194 Å². The lowest BCUT2D eigenvalue weighted by molar-refractivity contribution is 1.07. The Balaban J connectivity index is 1.07. The van der Waals surface area contributed by atoms with Crippen molar-refractivity contribution in [2.75, 3.05) is 0 Å². The van der Waals surface area contributed by atoms with Crippen LogP contribution in [0.3, 0.4) is 0 Å². The Kier molecular flexibility index (Phi) is 7.57. The average molecular weight is 761 g/mol. The number of hydrogen-bond donors (Lipinski definition) is 0. The maximum absolute atomic E-state index is 9.35. The minimum absolute atomic E-state index is 0.590. The number of benzene rings is 10. The van der Waals surface area contributed by atoms with Crippen molar-refractivity contribution in [1.82, 2.24) is 15.0 Å². The molecule has 0 saturated carbocycles. The van der Waals surface area contributed by atoms with E-state index in [2.05, 4.69) is 133 Å². The zero-order valence-electron chi connectivity index (χ0n) is 32.3. The lowest BCUT2D eigenvalue weighted by atomic mass is 9.86. The van der Waals surface area contributed by atoms with Crippen LogP contribution in [0.2, 0.25) is 0 Å². The Morgan fingerprint density at radius 1 is 0.283 bits per heavy atom. The molecule has 0 bridgehead atoms. The maximum atomic E-state index is 9.35. The van der Waals surface area contributed by atoms with E-state index >= 15 is 0 Å². The van der Waals surface area contributed by atoms with Gasteiger partial charge < -0.3 is 0 Å². The predicted octanol–water partition coefficient (Wildman–Crippen LogP) is 14.4. The van der Waals surface area contributed by atoms with Gasteiger partial charge in [0.1, 0.15) is 0 Å². The molecular weight excluding hydrogens is 729 g/mol. The van der Waals surface area contributed by atoms with Crippen LogP contribution in [-0.4, -0.2) is 15.0 Å². The van der Waals surface area contributed by atoms with Crippen LogP contribution in [0.5, 0.6) is 0 Å². The molecule has 1 aromatic heterocycles. The number of aromatic nitrogens is 3. The number of rotatable bonds is 5. The first kappa shape index (κ1) is 33.8. The normalized spacial score (nSPS) is 11.7. The summed E-state index contributed by atoms with van der Waals surface area (Å²) in [6.45, 7) is 0. The van der Waals surface area contributed by atoms with Crippen molar-refractivity contribution in [3.63, 3.8) is 0 Å². The number of nitriles is 1. The van der Waals surface area contributed by atoms with E-state index in [4.69, 9.17) is 15.0 Å². The topological polar surface area (TPSA) is 62.5 Å². The lowest BCUT2D eigenvalue weighted by Gasteiger charge is -2.17. The highest BCUT2D eigenvalue weighted by molar-refractivity contribution is 6.37. The fourth-order valence-electron chi connectivity index (χ4n) is 9.21. The van der Waals surface area contributed by atoms with Crippen LogP contribution in [-0.2, 0) is 0 Å². The molecule has 0 spiro atoms. The van der Waals surface area contributed by atoms with Crippen molar-refractivity contribution in [2.45, 2.75) is 0 Å². The van der Waals surface area contributed by atoms with E-state index in [9.17, 15) is 5.26 Å². The third-order valence-corrected chi connectivity index (χ3v) is 12.0. The molecule has 0 saturated heterocycles. The molecule has 4 nitrogen and oxygen atoms in total.